The summed E-state index contributed by atoms with van der Waals surface area (Å²) in [5.74, 6) is 1.64. The quantitative estimate of drug-likeness (QED) is 0.361. The number of nitrogens with one attached hydrogen (secondary N) is 1. The average molecular weight is 425 g/mol. The van der Waals surface area contributed by atoms with Crippen molar-refractivity contribution in [3.05, 3.63) is 42.2 Å². The van der Waals surface area contributed by atoms with Crippen molar-refractivity contribution in [2.24, 2.45) is 0 Å². The molecule has 0 fully saturated rings. The standard InChI is InChI=1S/C22H24N4OS2/c1-13(2)27-18-10-16-15(9-20(18)29-22(3,4)5)21(24-11-23-16)26-14-6-7-19-17(8-14)25-12-28-19/h6-13H,1-5H3,(H,23,24,26). The summed E-state index contributed by atoms with van der Waals surface area (Å²) in [6.45, 7) is 10.7. The number of benzene rings is 2. The number of rotatable bonds is 5. The van der Waals surface area contributed by atoms with Crippen molar-refractivity contribution in [2.45, 2.75) is 50.4 Å². The van der Waals surface area contributed by atoms with Crippen LogP contribution < -0.4 is 10.1 Å². The number of aromatic nitrogens is 3. The Morgan fingerprint density at radius 2 is 1.86 bits per heavy atom. The zero-order chi connectivity index (χ0) is 20.6. The Bertz CT molecular complexity index is 1160. The minimum Gasteiger partial charge on any atom is -0.490 e. The van der Waals surface area contributed by atoms with Crippen LogP contribution in [0.15, 0.2) is 47.1 Å². The lowest BCUT2D eigenvalue weighted by molar-refractivity contribution is 0.237. The van der Waals surface area contributed by atoms with Gasteiger partial charge in [0.15, 0.2) is 0 Å². The molecule has 0 radical (unpaired) electrons. The molecule has 0 aliphatic heterocycles. The molecule has 29 heavy (non-hydrogen) atoms. The molecule has 0 bridgehead atoms. The maximum absolute atomic E-state index is 6.09. The van der Waals surface area contributed by atoms with Crippen LogP contribution in [0.3, 0.4) is 0 Å². The number of thiazole rings is 1. The molecule has 0 aliphatic rings. The lowest BCUT2D eigenvalue weighted by atomic mass is 10.2. The Morgan fingerprint density at radius 1 is 1.03 bits per heavy atom. The van der Waals surface area contributed by atoms with E-state index in [4.69, 9.17) is 4.74 Å². The molecule has 0 atom stereocenters. The molecule has 0 saturated heterocycles. The van der Waals surface area contributed by atoms with Crippen molar-refractivity contribution in [3.63, 3.8) is 0 Å². The maximum atomic E-state index is 6.09. The van der Waals surface area contributed by atoms with Crippen molar-refractivity contribution in [2.75, 3.05) is 5.32 Å². The highest BCUT2D eigenvalue weighted by Crippen LogP contribution is 2.41. The Kier molecular flexibility index (Phi) is 5.36. The zero-order valence-corrected chi connectivity index (χ0v) is 18.8. The number of thioether (sulfide) groups is 1. The third kappa shape index (κ3) is 4.62. The van der Waals surface area contributed by atoms with Gasteiger partial charge in [-0.25, -0.2) is 15.0 Å². The summed E-state index contributed by atoms with van der Waals surface area (Å²) in [6, 6.07) is 10.3. The van der Waals surface area contributed by atoms with Gasteiger partial charge in [-0.1, -0.05) is 20.8 Å². The summed E-state index contributed by atoms with van der Waals surface area (Å²) >= 11 is 3.42. The molecule has 4 rings (SSSR count). The molecule has 2 heterocycles. The normalized spacial score (nSPS) is 12.1. The summed E-state index contributed by atoms with van der Waals surface area (Å²) < 4.78 is 7.31. The summed E-state index contributed by atoms with van der Waals surface area (Å²) in [5.41, 5.74) is 4.65. The topological polar surface area (TPSA) is 59.9 Å². The highest BCUT2D eigenvalue weighted by molar-refractivity contribution is 8.00. The van der Waals surface area contributed by atoms with Crippen LogP contribution in [-0.2, 0) is 0 Å². The number of ether oxygens (including phenoxy) is 1. The molecular formula is C22H24N4OS2. The Hall–Kier alpha value is -2.38. The van der Waals surface area contributed by atoms with Gasteiger partial charge in [0.05, 0.1) is 32.2 Å². The largest absolute Gasteiger partial charge is 0.490 e. The summed E-state index contributed by atoms with van der Waals surface area (Å²) in [4.78, 5) is 14.5. The van der Waals surface area contributed by atoms with E-state index in [2.05, 4.69) is 59.2 Å². The van der Waals surface area contributed by atoms with Crippen LogP contribution in [0.5, 0.6) is 5.75 Å². The van der Waals surface area contributed by atoms with E-state index in [0.29, 0.717) is 0 Å². The van der Waals surface area contributed by atoms with E-state index in [1.165, 1.54) is 4.70 Å². The van der Waals surface area contributed by atoms with Crippen LogP contribution in [0.2, 0.25) is 0 Å². The first kappa shape index (κ1) is 19.9. The summed E-state index contributed by atoms with van der Waals surface area (Å²) in [6.07, 6.45) is 1.68. The van der Waals surface area contributed by atoms with Gasteiger partial charge in [-0.05, 0) is 38.1 Å². The maximum Gasteiger partial charge on any atom is 0.141 e. The molecule has 2 aromatic heterocycles. The van der Waals surface area contributed by atoms with Crippen LogP contribution >= 0.6 is 23.1 Å². The lowest BCUT2D eigenvalue weighted by Crippen LogP contribution is -2.10. The van der Waals surface area contributed by atoms with Gasteiger partial charge in [0.2, 0.25) is 0 Å². The SMILES string of the molecule is CC(C)Oc1cc2ncnc(Nc3ccc4scnc4c3)c2cc1SC(C)(C)C. The molecule has 2 aromatic carbocycles. The van der Waals surface area contributed by atoms with Gasteiger partial charge >= 0.3 is 0 Å². The van der Waals surface area contributed by atoms with Gasteiger partial charge < -0.3 is 10.1 Å². The molecule has 0 spiro atoms. The fraction of sp³-hybridized carbons (Fsp3) is 0.318. The van der Waals surface area contributed by atoms with Gasteiger partial charge in [0.1, 0.15) is 17.9 Å². The predicted molar refractivity (Wildman–Crippen MR) is 124 cm³/mol. The summed E-state index contributed by atoms with van der Waals surface area (Å²) in [7, 11) is 0. The molecule has 0 aliphatic carbocycles. The Balaban J connectivity index is 1.78. The smallest absolute Gasteiger partial charge is 0.141 e. The van der Waals surface area contributed by atoms with Crippen LogP contribution in [0.1, 0.15) is 34.6 Å². The van der Waals surface area contributed by atoms with E-state index in [0.717, 1.165) is 38.6 Å². The van der Waals surface area contributed by atoms with Gasteiger partial charge in [-0.15, -0.1) is 23.1 Å². The number of nitrogens with zero attached hydrogens (tertiary/aromatic N) is 3. The summed E-state index contributed by atoms with van der Waals surface area (Å²) in [5, 5.41) is 4.41. The van der Waals surface area contributed by atoms with Gasteiger partial charge in [-0.2, -0.15) is 0 Å². The minimum atomic E-state index is 0.0572. The molecule has 0 amide bonds. The van der Waals surface area contributed by atoms with Crippen LogP contribution in [-0.4, -0.2) is 25.8 Å². The van der Waals surface area contributed by atoms with E-state index in [-0.39, 0.29) is 10.9 Å². The van der Waals surface area contributed by atoms with Crippen LogP contribution in [0.25, 0.3) is 21.1 Å². The van der Waals surface area contributed by atoms with Crippen molar-refractivity contribution in [3.8, 4) is 5.75 Å². The van der Waals surface area contributed by atoms with E-state index >= 15 is 0 Å². The van der Waals surface area contributed by atoms with Gasteiger partial charge in [0, 0.05) is 21.9 Å². The molecular weight excluding hydrogens is 400 g/mol. The fourth-order valence-electron chi connectivity index (χ4n) is 2.99. The zero-order valence-electron chi connectivity index (χ0n) is 17.2. The third-order valence-electron chi connectivity index (χ3n) is 4.07. The van der Waals surface area contributed by atoms with E-state index in [9.17, 15) is 0 Å². The first-order chi connectivity index (χ1) is 13.8. The number of fused-ring (bicyclic) bond motifs is 2. The molecule has 150 valence electrons. The highest BCUT2D eigenvalue weighted by atomic mass is 32.2. The second-order valence-corrected chi connectivity index (χ2v) is 10.8. The van der Waals surface area contributed by atoms with Gasteiger partial charge in [0.25, 0.3) is 0 Å². The van der Waals surface area contributed by atoms with Crippen molar-refractivity contribution in [1.29, 1.82) is 0 Å². The number of hydrogen-bond donors (Lipinski definition) is 1. The molecule has 4 aromatic rings. The van der Waals surface area contributed by atoms with E-state index in [1.54, 1.807) is 29.4 Å². The minimum absolute atomic E-state index is 0.0572. The van der Waals surface area contributed by atoms with Crippen LogP contribution in [0.4, 0.5) is 11.5 Å². The molecule has 5 nitrogen and oxygen atoms in total. The molecule has 7 heteroatoms. The first-order valence-corrected chi connectivity index (χ1v) is 11.2. The van der Waals surface area contributed by atoms with Crippen molar-refractivity contribution < 1.29 is 4.74 Å². The highest BCUT2D eigenvalue weighted by Gasteiger charge is 2.19. The van der Waals surface area contributed by atoms with E-state index < -0.39 is 0 Å². The fourth-order valence-corrected chi connectivity index (χ4v) is 4.69. The molecule has 0 unspecified atom stereocenters. The van der Waals surface area contributed by atoms with Crippen molar-refractivity contribution >= 4 is 55.7 Å². The number of hydrogen-bond acceptors (Lipinski definition) is 7. The average Bonchev–Trinajstić information content (AvgIpc) is 3.09. The second-order valence-electron chi connectivity index (χ2n) is 8.08. The monoisotopic (exact) mass is 424 g/mol. The van der Waals surface area contributed by atoms with Gasteiger partial charge in [-0.3, -0.25) is 0 Å². The predicted octanol–water partition coefficient (Wildman–Crippen LogP) is 6.66. The second kappa shape index (κ2) is 7.80. The third-order valence-corrected chi connectivity index (χ3v) is 6.03. The van der Waals surface area contributed by atoms with E-state index in [1.807, 2.05) is 31.5 Å². The molecule has 1 N–H and O–H groups in total. The Labute approximate surface area is 178 Å². The van der Waals surface area contributed by atoms with Crippen molar-refractivity contribution in [1.82, 2.24) is 15.0 Å². The first-order valence-electron chi connectivity index (χ1n) is 9.53. The Morgan fingerprint density at radius 3 is 2.62 bits per heavy atom. The van der Waals surface area contributed by atoms with Crippen LogP contribution in [0, 0.1) is 0 Å². The number of anilines is 2. The molecule has 0 saturated carbocycles. The lowest BCUT2D eigenvalue weighted by Gasteiger charge is -2.22.